The number of rotatable bonds is 3. The Morgan fingerprint density at radius 3 is 2.78 bits per heavy atom. The van der Waals surface area contributed by atoms with Crippen LogP contribution in [0.1, 0.15) is 5.69 Å². The molecular formula is C10H7Cl2FN4O. The number of nitrogen functional groups attached to an aromatic ring is 1. The van der Waals surface area contributed by atoms with Crippen LogP contribution in [-0.2, 0) is 6.61 Å². The maximum absolute atomic E-state index is 12.8. The highest BCUT2D eigenvalue weighted by Gasteiger charge is 2.07. The molecule has 2 heterocycles. The summed E-state index contributed by atoms with van der Waals surface area (Å²) in [7, 11) is 0. The van der Waals surface area contributed by atoms with E-state index in [1.807, 2.05) is 0 Å². The summed E-state index contributed by atoms with van der Waals surface area (Å²) in [4.78, 5) is 11.2. The summed E-state index contributed by atoms with van der Waals surface area (Å²) in [5, 5.41) is 0.687. The van der Waals surface area contributed by atoms with E-state index in [9.17, 15) is 4.39 Å². The summed E-state index contributed by atoms with van der Waals surface area (Å²) in [6, 6.07) is 3.08. The molecule has 0 atom stereocenters. The van der Waals surface area contributed by atoms with Gasteiger partial charge in [0.2, 0.25) is 0 Å². The predicted molar refractivity (Wildman–Crippen MR) is 65.0 cm³/mol. The van der Waals surface area contributed by atoms with Gasteiger partial charge in [0.15, 0.2) is 11.6 Å². The van der Waals surface area contributed by atoms with E-state index in [2.05, 4.69) is 15.0 Å². The zero-order valence-electron chi connectivity index (χ0n) is 8.90. The molecule has 0 amide bonds. The average molecular weight is 289 g/mol. The first kappa shape index (κ1) is 12.8. The van der Waals surface area contributed by atoms with Crippen LogP contribution in [-0.4, -0.2) is 15.0 Å². The molecule has 2 rings (SSSR count). The Morgan fingerprint density at radius 2 is 2.06 bits per heavy atom. The number of anilines is 1. The third-order valence-corrected chi connectivity index (χ3v) is 2.53. The Balaban J connectivity index is 2.11. The van der Waals surface area contributed by atoms with Gasteiger partial charge in [0, 0.05) is 0 Å². The number of nitrogens with two attached hydrogens (primary N) is 1. The SMILES string of the molecule is Nc1nc(OCc2nc(Cl)ccc2Cl)ncc1F. The van der Waals surface area contributed by atoms with E-state index in [-0.39, 0.29) is 23.6 Å². The van der Waals surface area contributed by atoms with Crippen molar-refractivity contribution >= 4 is 29.0 Å². The average Bonchev–Trinajstić information content (AvgIpc) is 2.34. The lowest BCUT2D eigenvalue weighted by Gasteiger charge is -2.06. The highest BCUT2D eigenvalue weighted by Crippen LogP contribution is 2.18. The van der Waals surface area contributed by atoms with Gasteiger partial charge < -0.3 is 10.5 Å². The molecule has 2 aromatic heterocycles. The molecular weight excluding hydrogens is 282 g/mol. The molecule has 94 valence electrons. The van der Waals surface area contributed by atoms with Crippen LogP contribution in [0.4, 0.5) is 10.2 Å². The molecule has 0 spiro atoms. The van der Waals surface area contributed by atoms with Gasteiger partial charge in [-0.3, -0.25) is 0 Å². The lowest BCUT2D eigenvalue weighted by molar-refractivity contribution is 0.276. The summed E-state index contributed by atoms with van der Waals surface area (Å²) in [6.07, 6.45) is 0.921. The Bertz CT molecular complexity index is 582. The summed E-state index contributed by atoms with van der Waals surface area (Å²) in [6.45, 7) is 0.00443. The minimum atomic E-state index is -0.707. The standard InChI is InChI=1S/C10H7Cl2FN4O/c11-5-1-2-8(12)16-7(5)4-18-10-15-3-6(13)9(14)17-10/h1-3H,4H2,(H2,14,15,17). The van der Waals surface area contributed by atoms with Crippen molar-refractivity contribution in [2.75, 3.05) is 5.73 Å². The molecule has 0 aliphatic rings. The van der Waals surface area contributed by atoms with Crippen molar-refractivity contribution in [3.05, 3.63) is 40.0 Å². The molecule has 0 aliphatic carbocycles. The number of nitrogens with zero attached hydrogens (tertiary/aromatic N) is 3. The Kier molecular flexibility index (Phi) is 3.78. The molecule has 0 saturated heterocycles. The molecule has 0 saturated carbocycles. The van der Waals surface area contributed by atoms with Gasteiger partial charge in [0.25, 0.3) is 0 Å². The first-order valence-corrected chi connectivity index (χ1v) is 5.53. The number of hydrogen-bond acceptors (Lipinski definition) is 5. The van der Waals surface area contributed by atoms with E-state index in [1.54, 1.807) is 12.1 Å². The number of halogens is 3. The van der Waals surface area contributed by atoms with Gasteiger partial charge >= 0.3 is 6.01 Å². The predicted octanol–water partition coefficient (Wildman–Crippen LogP) is 2.48. The molecule has 5 nitrogen and oxygen atoms in total. The van der Waals surface area contributed by atoms with Crippen LogP contribution in [0.5, 0.6) is 6.01 Å². The van der Waals surface area contributed by atoms with Crippen molar-refractivity contribution < 1.29 is 9.13 Å². The van der Waals surface area contributed by atoms with Crippen molar-refractivity contribution in [2.45, 2.75) is 6.61 Å². The van der Waals surface area contributed by atoms with Crippen molar-refractivity contribution in [1.82, 2.24) is 15.0 Å². The lowest BCUT2D eigenvalue weighted by Crippen LogP contribution is -2.05. The molecule has 0 bridgehead atoms. The maximum atomic E-state index is 12.8. The Hall–Kier alpha value is -1.66. The number of hydrogen-bond donors (Lipinski definition) is 1. The number of ether oxygens (including phenoxy) is 1. The zero-order chi connectivity index (χ0) is 13.1. The van der Waals surface area contributed by atoms with E-state index < -0.39 is 5.82 Å². The fourth-order valence-corrected chi connectivity index (χ4v) is 1.45. The smallest absolute Gasteiger partial charge is 0.318 e. The van der Waals surface area contributed by atoms with Crippen LogP contribution < -0.4 is 10.5 Å². The van der Waals surface area contributed by atoms with Crippen molar-refractivity contribution in [3.63, 3.8) is 0 Å². The third-order valence-electron chi connectivity index (χ3n) is 1.97. The van der Waals surface area contributed by atoms with Crippen molar-refractivity contribution in [3.8, 4) is 6.01 Å². The van der Waals surface area contributed by atoms with Gasteiger partial charge in [-0.2, -0.15) is 4.98 Å². The van der Waals surface area contributed by atoms with Crippen molar-refractivity contribution in [2.24, 2.45) is 0 Å². The van der Waals surface area contributed by atoms with Crippen molar-refractivity contribution in [1.29, 1.82) is 0 Å². The quantitative estimate of drug-likeness (QED) is 0.879. The molecule has 2 aromatic rings. The molecule has 0 fully saturated rings. The molecule has 2 N–H and O–H groups in total. The van der Waals surface area contributed by atoms with E-state index in [0.29, 0.717) is 10.7 Å². The van der Waals surface area contributed by atoms with Gasteiger partial charge in [-0.05, 0) is 12.1 Å². The van der Waals surface area contributed by atoms with E-state index in [0.717, 1.165) is 6.20 Å². The topological polar surface area (TPSA) is 73.9 Å². The molecule has 0 radical (unpaired) electrons. The van der Waals surface area contributed by atoms with Crippen LogP contribution in [0, 0.1) is 5.82 Å². The lowest BCUT2D eigenvalue weighted by atomic mass is 10.4. The van der Waals surface area contributed by atoms with Gasteiger partial charge in [-0.25, -0.2) is 14.4 Å². The maximum Gasteiger partial charge on any atom is 0.318 e. The highest BCUT2D eigenvalue weighted by molar-refractivity contribution is 6.32. The fourth-order valence-electron chi connectivity index (χ4n) is 1.12. The minimum absolute atomic E-state index is 0.00443. The largest absolute Gasteiger partial charge is 0.457 e. The van der Waals surface area contributed by atoms with Crippen LogP contribution in [0.25, 0.3) is 0 Å². The van der Waals surface area contributed by atoms with Gasteiger partial charge in [0.05, 0.1) is 16.9 Å². The summed E-state index contributed by atoms with van der Waals surface area (Å²) >= 11 is 11.6. The Morgan fingerprint density at radius 1 is 1.28 bits per heavy atom. The van der Waals surface area contributed by atoms with Crippen LogP contribution >= 0.6 is 23.2 Å². The first-order valence-electron chi connectivity index (χ1n) is 4.78. The van der Waals surface area contributed by atoms with Gasteiger partial charge in [-0.1, -0.05) is 23.2 Å². The van der Waals surface area contributed by atoms with Gasteiger partial charge in [0.1, 0.15) is 11.8 Å². The molecule has 0 unspecified atom stereocenters. The molecule has 0 aromatic carbocycles. The van der Waals surface area contributed by atoms with E-state index >= 15 is 0 Å². The monoisotopic (exact) mass is 288 g/mol. The third kappa shape index (κ3) is 2.96. The number of aromatic nitrogens is 3. The summed E-state index contributed by atoms with van der Waals surface area (Å²) in [5.41, 5.74) is 5.70. The van der Waals surface area contributed by atoms with Crippen LogP contribution in [0.2, 0.25) is 10.2 Å². The van der Waals surface area contributed by atoms with Gasteiger partial charge in [-0.15, -0.1) is 0 Å². The zero-order valence-corrected chi connectivity index (χ0v) is 10.4. The summed E-state index contributed by atoms with van der Waals surface area (Å²) < 4.78 is 18.0. The Labute approximate surface area is 112 Å². The second kappa shape index (κ2) is 5.32. The first-order chi connectivity index (χ1) is 8.56. The number of pyridine rings is 1. The second-order valence-electron chi connectivity index (χ2n) is 3.24. The van der Waals surface area contributed by atoms with Crippen LogP contribution in [0.15, 0.2) is 18.3 Å². The fraction of sp³-hybridized carbons (Fsp3) is 0.100. The molecule has 8 heteroatoms. The second-order valence-corrected chi connectivity index (χ2v) is 4.03. The highest BCUT2D eigenvalue weighted by atomic mass is 35.5. The molecule has 0 aliphatic heterocycles. The molecule has 18 heavy (non-hydrogen) atoms. The summed E-state index contributed by atoms with van der Waals surface area (Å²) in [5.74, 6) is -0.994. The van der Waals surface area contributed by atoms with Crippen LogP contribution in [0.3, 0.4) is 0 Å². The van der Waals surface area contributed by atoms with E-state index in [1.165, 1.54) is 0 Å². The van der Waals surface area contributed by atoms with E-state index in [4.69, 9.17) is 33.7 Å². The normalized spacial score (nSPS) is 10.4. The minimum Gasteiger partial charge on any atom is -0.457 e.